The van der Waals surface area contributed by atoms with E-state index in [1.165, 1.54) is 19.3 Å². The van der Waals surface area contributed by atoms with Crippen molar-refractivity contribution in [3.05, 3.63) is 42.1 Å². The number of nitrogens with one attached hydrogen (secondary N) is 1. The third-order valence-corrected chi connectivity index (χ3v) is 2.91. The number of aryl methyl sites for hydroxylation is 1. The highest BCUT2D eigenvalue weighted by Crippen LogP contribution is 2.11. The number of rotatable bonds is 5. The Kier molecular flexibility index (Phi) is 4.32. The van der Waals surface area contributed by atoms with Gasteiger partial charge in [-0.3, -0.25) is 4.79 Å². The first-order chi connectivity index (χ1) is 9.97. The van der Waals surface area contributed by atoms with Gasteiger partial charge in [0, 0.05) is 13.2 Å². The van der Waals surface area contributed by atoms with Crippen LogP contribution in [0.4, 0.5) is 5.69 Å². The van der Waals surface area contributed by atoms with E-state index in [9.17, 15) is 9.59 Å². The number of amides is 1. The van der Waals surface area contributed by atoms with Gasteiger partial charge in [0.15, 0.2) is 6.10 Å². The monoisotopic (exact) mass is 291 g/mol. The van der Waals surface area contributed by atoms with E-state index in [0.717, 1.165) is 0 Å². The van der Waals surface area contributed by atoms with Gasteiger partial charge >= 0.3 is 5.97 Å². The Morgan fingerprint density at radius 2 is 2.29 bits per heavy atom. The van der Waals surface area contributed by atoms with Gasteiger partial charge in [0.05, 0.1) is 18.5 Å². The van der Waals surface area contributed by atoms with Crippen LogP contribution in [0.3, 0.4) is 0 Å². The molecule has 7 heteroatoms. The van der Waals surface area contributed by atoms with Gasteiger partial charge in [0.2, 0.25) is 0 Å². The van der Waals surface area contributed by atoms with Crippen LogP contribution in [0.25, 0.3) is 0 Å². The van der Waals surface area contributed by atoms with Crippen LogP contribution < -0.4 is 11.1 Å². The van der Waals surface area contributed by atoms with Crippen LogP contribution in [0.5, 0.6) is 0 Å². The van der Waals surface area contributed by atoms with Crippen LogP contribution >= 0.6 is 0 Å². The lowest BCUT2D eigenvalue weighted by Crippen LogP contribution is -2.35. The van der Waals surface area contributed by atoms with Crippen molar-refractivity contribution >= 4 is 17.6 Å². The zero-order valence-corrected chi connectivity index (χ0v) is 11.8. The molecule has 0 radical (unpaired) electrons. The van der Waals surface area contributed by atoms with Crippen LogP contribution in [0.15, 0.2) is 35.1 Å². The van der Waals surface area contributed by atoms with Crippen molar-refractivity contribution < 1.29 is 18.7 Å². The number of carbonyl (C=O) groups excluding carboxylic acids is 2. The molecule has 0 fully saturated rings. The number of carbonyl (C=O) groups is 2. The van der Waals surface area contributed by atoms with Crippen LogP contribution in [0, 0.1) is 0 Å². The SMILES string of the molecule is CC(OC(=O)c1cc(N)cn1C)C(=O)NCc1ccco1. The third kappa shape index (κ3) is 3.65. The first-order valence-electron chi connectivity index (χ1n) is 6.40. The molecule has 21 heavy (non-hydrogen) atoms. The van der Waals surface area contributed by atoms with Crippen LogP contribution in [0.1, 0.15) is 23.2 Å². The maximum absolute atomic E-state index is 11.9. The Morgan fingerprint density at radius 1 is 1.52 bits per heavy atom. The fourth-order valence-electron chi connectivity index (χ4n) is 1.80. The molecule has 7 nitrogen and oxygen atoms in total. The maximum atomic E-state index is 11.9. The molecule has 0 aliphatic heterocycles. The summed E-state index contributed by atoms with van der Waals surface area (Å²) in [6, 6.07) is 4.96. The minimum absolute atomic E-state index is 0.241. The normalized spacial score (nSPS) is 11.9. The molecule has 0 bridgehead atoms. The second kappa shape index (κ2) is 6.17. The van der Waals surface area contributed by atoms with Gasteiger partial charge in [-0.2, -0.15) is 0 Å². The minimum Gasteiger partial charge on any atom is -0.467 e. The number of nitrogens with two attached hydrogens (primary N) is 1. The quantitative estimate of drug-likeness (QED) is 0.802. The van der Waals surface area contributed by atoms with Crippen molar-refractivity contribution in [1.29, 1.82) is 0 Å². The van der Waals surface area contributed by atoms with Crippen molar-refractivity contribution in [2.45, 2.75) is 19.6 Å². The maximum Gasteiger partial charge on any atom is 0.355 e. The molecule has 0 spiro atoms. The summed E-state index contributed by atoms with van der Waals surface area (Å²) in [5.74, 6) is -0.381. The molecule has 1 unspecified atom stereocenters. The Labute approximate surface area is 121 Å². The summed E-state index contributed by atoms with van der Waals surface area (Å²) in [5.41, 5.74) is 6.34. The fourth-order valence-corrected chi connectivity index (χ4v) is 1.80. The predicted octanol–water partition coefficient (Wildman–Crippen LogP) is 1.06. The Morgan fingerprint density at radius 3 is 2.86 bits per heavy atom. The van der Waals surface area contributed by atoms with E-state index in [0.29, 0.717) is 11.4 Å². The first-order valence-corrected chi connectivity index (χ1v) is 6.40. The number of anilines is 1. The smallest absolute Gasteiger partial charge is 0.355 e. The molecule has 2 aromatic heterocycles. The molecular weight excluding hydrogens is 274 g/mol. The zero-order valence-electron chi connectivity index (χ0n) is 11.8. The van der Waals surface area contributed by atoms with E-state index in [1.807, 2.05) is 0 Å². The van der Waals surface area contributed by atoms with Gasteiger partial charge in [-0.15, -0.1) is 0 Å². The van der Waals surface area contributed by atoms with E-state index in [1.54, 1.807) is 29.9 Å². The number of hydrogen-bond acceptors (Lipinski definition) is 5. The predicted molar refractivity (Wildman–Crippen MR) is 75.3 cm³/mol. The van der Waals surface area contributed by atoms with Crippen molar-refractivity contribution in [1.82, 2.24) is 9.88 Å². The Hall–Kier alpha value is -2.70. The van der Waals surface area contributed by atoms with Gasteiger partial charge in [-0.05, 0) is 25.1 Å². The first kappa shape index (κ1) is 14.7. The molecule has 0 aromatic carbocycles. The Balaban J connectivity index is 1.88. The molecule has 2 heterocycles. The van der Waals surface area contributed by atoms with Gasteiger partial charge in [-0.25, -0.2) is 4.79 Å². The largest absolute Gasteiger partial charge is 0.467 e. The van der Waals surface area contributed by atoms with E-state index in [2.05, 4.69) is 5.32 Å². The molecule has 0 aliphatic carbocycles. The molecule has 0 aliphatic rings. The van der Waals surface area contributed by atoms with Gasteiger partial charge in [0.25, 0.3) is 5.91 Å². The summed E-state index contributed by atoms with van der Waals surface area (Å²) in [6.07, 6.45) is 2.20. The zero-order chi connectivity index (χ0) is 15.4. The van der Waals surface area contributed by atoms with E-state index in [4.69, 9.17) is 14.9 Å². The highest BCUT2D eigenvalue weighted by Gasteiger charge is 2.20. The summed E-state index contributed by atoms with van der Waals surface area (Å²) in [7, 11) is 1.68. The van der Waals surface area contributed by atoms with Crippen molar-refractivity contribution in [2.75, 3.05) is 5.73 Å². The lowest BCUT2D eigenvalue weighted by Gasteiger charge is -2.13. The fraction of sp³-hybridized carbons (Fsp3) is 0.286. The highest BCUT2D eigenvalue weighted by atomic mass is 16.5. The number of esters is 1. The van der Waals surface area contributed by atoms with Gasteiger partial charge in [0.1, 0.15) is 11.5 Å². The molecule has 2 rings (SSSR count). The molecule has 3 N–H and O–H groups in total. The number of nitrogen functional groups attached to an aromatic ring is 1. The summed E-state index contributed by atoms with van der Waals surface area (Å²) in [6.45, 7) is 1.74. The summed E-state index contributed by atoms with van der Waals surface area (Å²) >= 11 is 0. The molecular formula is C14H17N3O4. The molecule has 0 saturated heterocycles. The topological polar surface area (TPSA) is 99.5 Å². The van der Waals surface area contributed by atoms with Crippen molar-refractivity contribution in [3.63, 3.8) is 0 Å². The number of hydrogen-bond donors (Lipinski definition) is 2. The van der Waals surface area contributed by atoms with E-state index in [-0.39, 0.29) is 12.2 Å². The van der Waals surface area contributed by atoms with Crippen LogP contribution in [-0.4, -0.2) is 22.5 Å². The van der Waals surface area contributed by atoms with Crippen LogP contribution in [-0.2, 0) is 23.1 Å². The van der Waals surface area contributed by atoms with Crippen molar-refractivity contribution in [2.24, 2.45) is 7.05 Å². The van der Waals surface area contributed by atoms with Crippen LogP contribution in [0.2, 0.25) is 0 Å². The van der Waals surface area contributed by atoms with Crippen molar-refractivity contribution in [3.8, 4) is 0 Å². The van der Waals surface area contributed by atoms with Gasteiger partial charge < -0.3 is 24.8 Å². The summed E-state index contributed by atoms with van der Waals surface area (Å²) in [4.78, 5) is 23.8. The number of nitrogens with zero attached hydrogens (tertiary/aromatic N) is 1. The average molecular weight is 291 g/mol. The Bertz CT molecular complexity index is 631. The summed E-state index contributed by atoms with van der Waals surface area (Å²) < 4.78 is 11.7. The molecule has 112 valence electrons. The lowest BCUT2D eigenvalue weighted by molar-refractivity contribution is -0.129. The highest BCUT2D eigenvalue weighted by molar-refractivity contribution is 5.91. The number of ether oxygens (including phenoxy) is 1. The van der Waals surface area contributed by atoms with E-state index < -0.39 is 18.0 Å². The molecule has 1 atom stereocenters. The molecule has 1 amide bonds. The molecule has 2 aromatic rings. The molecule has 0 saturated carbocycles. The standard InChI is InChI=1S/C14H17N3O4/c1-9(13(18)16-7-11-4-3-5-20-11)21-14(19)12-6-10(15)8-17(12)2/h3-6,8-9H,7,15H2,1-2H3,(H,16,18). The second-order valence-corrected chi connectivity index (χ2v) is 4.61. The third-order valence-electron chi connectivity index (χ3n) is 2.91. The number of aromatic nitrogens is 1. The van der Waals surface area contributed by atoms with E-state index >= 15 is 0 Å². The lowest BCUT2D eigenvalue weighted by atomic mass is 10.3. The summed E-state index contributed by atoms with van der Waals surface area (Å²) in [5, 5.41) is 2.62. The number of furan rings is 1. The second-order valence-electron chi connectivity index (χ2n) is 4.61. The minimum atomic E-state index is -0.913. The van der Waals surface area contributed by atoms with Gasteiger partial charge in [-0.1, -0.05) is 0 Å². The average Bonchev–Trinajstić information content (AvgIpc) is 3.05.